The zero-order valence-corrected chi connectivity index (χ0v) is 21.0. The number of aromatic nitrogens is 4. The summed E-state index contributed by atoms with van der Waals surface area (Å²) in [4.78, 5) is 47.1. The molecule has 38 heavy (non-hydrogen) atoms. The van der Waals surface area contributed by atoms with Crippen molar-refractivity contribution >= 4 is 46.9 Å². The van der Waals surface area contributed by atoms with E-state index in [0.717, 1.165) is 15.7 Å². The lowest BCUT2D eigenvalue weighted by atomic mass is 10.1. The standard InChI is InChI=1S/C27H23ClN8O2/c28-36-22-5-2-1-4-21(22)24-19(16-23(36)37)17-31-26(33-24)32-20-8-6-18(7-9-20)25(38)34-12-14-35(15-13-34)27-29-10-3-11-30-27/h1-11,17H,12-16H2,(H,31,32,33). The van der Waals surface area contributed by atoms with E-state index in [1.54, 1.807) is 42.9 Å². The van der Waals surface area contributed by atoms with E-state index in [9.17, 15) is 9.59 Å². The van der Waals surface area contributed by atoms with E-state index < -0.39 is 0 Å². The van der Waals surface area contributed by atoms with E-state index in [0.29, 0.717) is 60.6 Å². The number of carbonyl (C=O) groups is 2. The predicted octanol–water partition coefficient (Wildman–Crippen LogP) is 3.68. The normalized spacial score (nSPS) is 15.0. The van der Waals surface area contributed by atoms with Crippen LogP contribution in [0.5, 0.6) is 0 Å². The minimum absolute atomic E-state index is 0.0154. The SMILES string of the molecule is O=C(c1ccc(Nc2ncc3c(n2)-c2ccccc2N(Cl)C(=O)C3)cc1)N1CCN(c2ncccn2)CC1. The average molecular weight is 527 g/mol. The van der Waals surface area contributed by atoms with Gasteiger partial charge in [-0.25, -0.2) is 24.4 Å². The Morgan fingerprint density at radius 2 is 1.63 bits per heavy atom. The Morgan fingerprint density at radius 1 is 0.895 bits per heavy atom. The predicted molar refractivity (Wildman–Crippen MR) is 144 cm³/mol. The molecule has 2 amide bonds. The van der Waals surface area contributed by atoms with Crippen LogP contribution in [0.2, 0.25) is 0 Å². The highest BCUT2D eigenvalue weighted by Crippen LogP contribution is 2.36. The van der Waals surface area contributed by atoms with E-state index in [2.05, 4.69) is 25.2 Å². The van der Waals surface area contributed by atoms with Crippen LogP contribution in [0, 0.1) is 0 Å². The number of anilines is 4. The molecule has 0 spiro atoms. The Bertz CT molecular complexity index is 1490. The van der Waals surface area contributed by atoms with Gasteiger partial charge >= 0.3 is 0 Å². The minimum Gasteiger partial charge on any atom is -0.337 e. The van der Waals surface area contributed by atoms with Crippen molar-refractivity contribution in [1.82, 2.24) is 24.8 Å². The minimum atomic E-state index is -0.239. The molecule has 2 aromatic carbocycles. The quantitative estimate of drug-likeness (QED) is 0.401. The van der Waals surface area contributed by atoms with Crippen molar-refractivity contribution < 1.29 is 9.59 Å². The lowest BCUT2D eigenvalue weighted by molar-refractivity contribution is -0.116. The molecule has 2 aromatic heterocycles. The summed E-state index contributed by atoms with van der Waals surface area (Å²) in [6, 6.07) is 16.4. The fourth-order valence-corrected chi connectivity index (χ4v) is 4.82. The van der Waals surface area contributed by atoms with Crippen molar-refractivity contribution in [3.05, 3.63) is 84.3 Å². The molecule has 10 nitrogen and oxygen atoms in total. The van der Waals surface area contributed by atoms with Gasteiger partial charge in [0.2, 0.25) is 17.8 Å². The first-order valence-electron chi connectivity index (χ1n) is 12.2. The third-order valence-corrected chi connectivity index (χ3v) is 6.96. The molecule has 1 saturated heterocycles. The molecule has 190 valence electrons. The number of amides is 2. The Morgan fingerprint density at radius 3 is 2.39 bits per heavy atom. The van der Waals surface area contributed by atoms with E-state index in [1.807, 2.05) is 35.2 Å². The second kappa shape index (κ2) is 10.1. The van der Waals surface area contributed by atoms with Gasteiger partial charge in [-0.2, -0.15) is 0 Å². The fourth-order valence-electron chi connectivity index (χ4n) is 4.61. The molecule has 1 fully saturated rings. The molecular formula is C27H23ClN8O2. The second-order valence-corrected chi connectivity index (χ2v) is 9.30. The number of nitrogens with zero attached hydrogens (tertiary/aromatic N) is 7. The number of fused-ring (bicyclic) bond motifs is 3. The maximum absolute atomic E-state index is 13.1. The Labute approximate surface area is 224 Å². The molecule has 0 atom stereocenters. The van der Waals surface area contributed by atoms with Crippen LogP contribution >= 0.6 is 11.8 Å². The molecule has 1 N–H and O–H groups in total. The molecule has 0 saturated carbocycles. The summed E-state index contributed by atoms with van der Waals surface area (Å²) in [6.07, 6.45) is 5.20. The van der Waals surface area contributed by atoms with Crippen LogP contribution in [0.25, 0.3) is 11.3 Å². The number of halogens is 1. The topological polar surface area (TPSA) is 107 Å². The molecule has 2 aliphatic rings. The first-order valence-corrected chi connectivity index (χ1v) is 12.5. The van der Waals surface area contributed by atoms with Gasteiger partial charge < -0.3 is 15.1 Å². The van der Waals surface area contributed by atoms with E-state index in [-0.39, 0.29) is 18.2 Å². The van der Waals surface area contributed by atoms with Crippen LogP contribution in [-0.4, -0.2) is 62.8 Å². The molecule has 0 aliphatic carbocycles. The van der Waals surface area contributed by atoms with Crippen molar-refractivity contribution in [2.24, 2.45) is 0 Å². The lowest BCUT2D eigenvalue weighted by Gasteiger charge is -2.34. The number of piperazine rings is 1. The largest absolute Gasteiger partial charge is 0.337 e. The maximum atomic E-state index is 13.1. The Hall–Kier alpha value is -4.57. The number of rotatable bonds is 4. The van der Waals surface area contributed by atoms with Crippen LogP contribution in [0.1, 0.15) is 15.9 Å². The Balaban J connectivity index is 1.15. The summed E-state index contributed by atoms with van der Waals surface area (Å²) in [5, 5.41) is 3.20. The summed E-state index contributed by atoms with van der Waals surface area (Å²) in [5.74, 6) is 0.813. The second-order valence-electron chi connectivity index (χ2n) is 8.97. The molecule has 6 rings (SSSR count). The Kier molecular flexibility index (Phi) is 6.30. The van der Waals surface area contributed by atoms with Crippen molar-refractivity contribution in [1.29, 1.82) is 0 Å². The molecular weight excluding hydrogens is 504 g/mol. The van der Waals surface area contributed by atoms with E-state index in [1.165, 1.54) is 0 Å². The fraction of sp³-hybridized carbons (Fsp3) is 0.185. The van der Waals surface area contributed by atoms with Gasteiger partial charge in [0, 0.05) is 78.9 Å². The van der Waals surface area contributed by atoms with Crippen LogP contribution in [0.3, 0.4) is 0 Å². The van der Waals surface area contributed by atoms with Crippen LogP contribution < -0.4 is 14.6 Å². The molecule has 0 bridgehead atoms. The van der Waals surface area contributed by atoms with Crippen molar-refractivity contribution in [3.63, 3.8) is 0 Å². The smallest absolute Gasteiger partial charge is 0.253 e. The van der Waals surface area contributed by atoms with Crippen LogP contribution in [-0.2, 0) is 11.2 Å². The van der Waals surface area contributed by atoms with Gasteiger partial charge in [0.25, 0.3) is 5.91 Å². The zero-order valence-electron chi connectivity index (χ0n) is 20.3. The zero-order chi connectivity index (χ0) is 26.1. The van der Waals surface area contributed by atoms with Gasteiger partial charge in [0.05, 0.1) is 17.8 Å². The molecule has 4 heterocycles. The third-order valence-electron chi connectivity index (χ3n) is 6.59. The average Bonchev–Trinajstić information content (AvgIpc) is 3.08. The molecule has 4 aromatic rings. The highest BCUT2D eigenvalue weighted by Gasteiger charge is 2.26. The van der Waals surface area contributed by atoms with Gasteiger partial charge in [-0.1, -0.05) is 18.2 Å². The molecule has 0 radical (unpaired) electrons. The number of hydrogen-bond acceptors (Lipinski definition) is 8. The van der Waals surface area contributed by atoms with Crippen LogP contribution in [0.15, 0.2) is 73.2 Å². The van der Waals surface area contributed by atoms with Crippen molar-refractivity contribution in [2.75, 3.05) is 40.8 Å². The highest BCUT2D eigenvalue weighted by molar-refractivity contribution is 6.38. The maximum Gasteiger partial charge on any atom is 0.253 e. The highest BCUT2D eigenvalue weighted by atomic mass is 35.5. The van der Waals surface area contributed by atoms with Gasteiger partial charge in [0.15, 0.2) is 0 Å². The van der Waals surface area contributed by atoms with Gasteiger partial charge in [-0.3, -0.25) is 9.59 Å². The first-order chi connectivity index (χ1) is 18.6. The van der Waals surface area contributed by atoms with Crippen LogP contribution in [0.4, 0.5) is 23.3 Å². The molecule has 11 heteroatoms. The van der Waals surface area contributed by atoms with Crippen molar-refractivity contribution in [2.45, 2.75) is 6.42 Å². The van der Waals surface area contributed by atoms with Gasteiger partial charge in [0.1, 0.15) is 0 Å². The summed E-state index contributed by atoms with van der Waals surface area (Å²) < 4.78 is 1.13. The first kappa shape index (κ1) is 23.8. The van der Waals surface area contributed by atoms with Gasteiger partial charge in [-0.05, 0) is 36.4 Å². The molecule has 2 aliphatic heterocycles. The molecule has 0 unspecified atom stereocenters. The van der Waals surface area contributed by atoms with E-state index >= 15 is 0 Å². The number of para-hydroxylation sites is 1. The number of hydrogen-bond donors (Lipinski definition) is 1. The summed E-state index contributed by atoms with van der Waals surface area (Å²) in [5.41, 5.74) is 4.05. The third kappa shape index (κ3) is 4.61. The summed E-state index contributed by atoms with van der Waals surface area (Å²) in [7, 11) is 0. The summed E-state index contributed by atoms with van der Waals surface area (Å²) >= 11 is 6.27. The number of carbonyl (C=O) groups excluding carboxylic acids is 2. The number of nitrogens with one attached hydrogen (secondary N) is 1. The van der Waals surface area contributed by atoms with E-state index in [4.69, 9.17) is 16.8 Å². The van der Waals surface area contributed by atoms with Crippen molar-refractivity contribution in [3.8, 4) is 11.3 Å². The monoisotopic (exact) mass is 526 g/mol. The lowest BCUT2D eigenvalue weighted by Crippen LogP contribution is -2.49. The number of benzene rings is 2. The van der Waals surface area contributed by atoms with Gasteiger partial charge in [-0.15, -0.1) is 0 Å². The summed E-state index contributed by atoms with van der Waals surface area (Å²) in [6.45, 7) is 2.57.